The van der Waals surface area contributed by atoms with E-state index in [4.69, 9.17) is 11.6 Å². The van der Waals surface area contributed by atoms with Crippen molar-refractivity contribution in [2.75, 3.05) is 0 Å². The van der Waals surface area contributed by atoms with Gasteiger partial charge in [-0.1, -0.05) is 48.0 Å². The molecule has 150 valence electrons. The number of hydrogen-bond acceptors (Lipinski definition) is 3. The molecule has 0 aliphatic rings. The van der Waals surface area contributed by atoms with Crippen LogP contribution in [-0.4, -0.2) is 19.6 Å². The van der Waals surface area contributed by atoms with Crippen LogP contribution < -0.4 is 4.72 Å². The smallest absolute Gasteiger partial charge is 0.241 e. The number of Topliss-reactive ketones (excluding diaryl/α,β-unsaturated/α-hetero) is 1. The first-order valence-electron chi connectivity index (χ1n) is 8.86. The molecule has 0 saturated heterocycles. The second-order valence-corrected chi connectivity index (χ2v) is 8.78. The largest absolute Gasteiger partial charge is 0.292 e. The normalized spacial score (nSPS) is 13.6. The Bertz CT molecular complexity index is 1090. The lowest BCUT2D eigenvalue weighted by Crippen LogP contribution is -2.37. The number of benzene rings is 3. The number of sulfonamides is 1. The quantitative estimate of drug-likeness (QED) is 0.437. The highest BCUT2D eigenvalue weighted by Gasteiger charge is 2.32. The maximum atomic E-state index is 13.2. The molecule has 0 bridgehead atoms. The van der Waals surface area contributed by atoms with Crippen LogP contribution in [0, 0.1) is 12.7 Å². The van der Waals surface area contributed by atoms with Crippen molar-refractivity contribution in [1.82, 2.24) is 4.72 Å². The number of hydrogen-bond donors (Lipinski definition) is 1. The molecule has 0 heterocycles. The molecule has 0 spiro atoms. The van der Waals surface area contributed by atoms with Gasteiger partial charge in [-0.15, -0.1) is 11.6 Å². The Morgan fingerprint density at radius 2 is 1.52 bits per heavy atom. The molecule has 29 heavy (non-hydrogen) atoms. The fourth-order valence-electron chi connectivity index (χ4n) is 2.83. The van der Waals surface area contributed by atoms with Crippen molar-refractivity contribution in [3.05, 3.63) is 101 Å². The summed E-state index contributed by atoms with van der Waals surface area (Å²) >= 11 is 6.45. The van der Waals surface area contributed by atoms with Crippen LogP contribution in [0.2, 0.25) is 0 Å². The van der Waals surface area contributed by atoms with E-state index in [-0.39, 0.29) is 10.5 Å². The van der Waals surface area contributed by atoms with E-state index in [1.807, 2.05) is 6.92 Å². The van der Waals surface area contributed by atoms with Crippen LogP contribution in [0.5, 0.6) is 0 Å². The van der Waals surface area contributed by atoms with Gasteiger partial charge in [-0.25, -0.2) is 17.5 Å². The molecule has 0 radical (unpaired) electrons. The van der Waals surface area contributed by atoms with Gasteiger partial charge in [-0.05, 0) is 48.9 Å². The first-order chi connectivity index (χ1) is 13.8. The van der Waals surface area contributed by atoms with Crippen molar-refractivity contribution in [3.63, 3.8) is 0 Å². The fraction of sp³-hybridized carbons (Fsp3) is 0.136. The van der Waals surface area contributed by atoms with E-state index in [9.17, 15) is 17.6 Å². The summed E-state index contributed by atoms with van der Waals surface area (Å²) in [4.78, 5) is 12.9. The van der Waals surface area contributed by atoms with Crippen LogP contribution in [0.1, 0.15) is 27.5 Å². The predicted molar refractivity (Wildman–Crippen MR) is 111 cm³/mol. The third kappa shape index (κ3) is 5.09. The average molecular weight is 432 g/mol. The third-order valence-corrected chi connectivity index (χ3v) is 6.35. The lowest BCUT2D eigenvalue weighted by Gasteiger charge is -2.23. The minimum Gasteiger partial charge on any atom is -0.292 e. The highest BCUT2D eigenvalue weighted by atomic mass is 35.5. The Kier molecular flexibility index (Phi) is 6.47. The van der Waals surface area contributed by atoms with Crippen molar-refractivity contribution in [2.45, 2.75) is 23.2 Å². The van der Waals surface area contributed by atoms with Crippen LogP contribution >= 0.6 is 11.6 Å². The first kappa shape index (κ1) is 21.2. The Hall–Kier alpha value is -2.54. The van der Waals surface area contributed by atoms with Crippen molar-refractivity contribution >= 4 is 27.4 Å². The number of carbonyl (C=O) groups is 1. The molecular formula is C22H19ClFNO3S. The Morgan fingerprint density at radius 3 is 2.10 bits per heavy atom. The lowest BCUT2D eigenvalue weighted by molar-refractivity contribution is 0.0976. The molecule has 0 saturated carbocycles. The van der Waals surface area contributed by atoms with Gasteiger partial charge in [0.15, 0.2) is 5.78 Å². The molecule has 0 fully saturated rings. The summed E-state index contributed by atoms with van der Waals surface area (Å²) in [6.07, 6.45) is 0. The minimum atomic E-state index is -3.94. The molecular weight excluding hydrogens is 413 g/mol. The van der Waals surface area contributed by atoms with Crippen molar-refractivity contribution in [1.29, 1.82) is 0 Å². The van der Waals surface area contributed by atoms with Crippen LogP contribution in [0.4, 0.5) is 4.39 Å². The van der Waals surface area contributed by atoms with E-state index in [1.165, 1.54) is 24.3 Å². The number of alkyl halides is 1. The summed E-state index contributed by atoms with van der Waals surface area (Å²) in [7, 11) is -3.94. The van der Waals surface area contributed by atoms with E-state index in [1.54, 1.807) is 42.5 Å². The van der Waals surface area contributed by atoms with Gasteiger partial charge >= 0.3 is 0 Å². The summed E-state index contributed by atoms with van der Waals surface area (Å²) in [5.74, 6) is -0.987. The average Bonchev–Trinajstić information content (AvgIpc) is 2.72. The molecule has 3 rings (SSSR count). The molecule has 2 atom stereocenters. The lowest BCUT2D eigenvalue weighted by atomic mass is 9.98. The van der Waals surface area contributed by atoms with Crippen LogP contribution in [0.25, 0.3) is 0 Å². The highest BCUT2D eigenvalue weighted by Crippen LogP contribution is 2.27. The van der Waals surface area contributed by atoms with E-state index in [0.717, 1.165) is 17.7 Å². The van der Waals surface area contributed by atoms with Gasteiger partial charge in [0.1, 0.15) is 11.2 Å². The standard InChI is InChI=1S/C22H19ClFNO3S/c1-15-7-13-19(14-8-15)29(27,28)25-21(16-5-3-2-4-6-16)20(23)22(26)17-9-11-18(24)12-10-17/h2-14,20-21,25H,1H3/t20-,21-/m1/s1. The number of aryl methyl sites for hydroxylation is 1. The van der Waals surface area contributed by atoms with Gasteiger partial charge in [-0.3, -0.25) is 4.79 Å². The summed E-state index contributed by atoms with van der Waals surface area (Å²) in [5, 5.41) is -1.23. The Morgan fingerprint density at radius 1 is 0.931 bits per heavy atom. The molecule has 3 aromatic carbocycles. The summed E-state index contributed by atoms with van der Waals surface area (Å²) in [6, 6.07) is 18.9. The maximum Gasteiger partial charge on any atom is 0.241 e. The molecule has 7 heteroatoms. The van der Waals surface area contributed by atoms with Gasteiger partial charge in [0.25, 0.3) is 0 Å². The zero-order valence-electron chi connectivity index (χ0n) is 15.5. The monoisotopic (exact) mass is 431 g/mol. The summed E-state index contributed by atoms with van der Waals surface area (Å²) in [5.41, 5.74) is 1.66. The first-order valence-corrected chi connectivity index (χ1v) is 10.8. The van der Waals surface area contributed by atoms with Gasteiger partial charge in [0, 0.05) is 5.56 Å². The Labute approximate surface area is 174 Å². The van der Waals surface area contributed by atoms with Crippen molar-refractivity contribution in [2.24, 2.45) is 0 Å². The van der Waals surface area contributed by atoms with Crippen molar-refractivity contribution < 1.29 is 17.6 Å². The number of carbonyl (C=O) groups excluding carboxylic acids is 1. The number of ketones is 1. The SMILES string of the molecule is Cc1ccc(S(=O)(=O)N[C@H](c2ccccc2)[C@@H](Cl)C(=O)c2ccc(F)cc2)cc1. The van der Waals surface area contributed by atoms with E-state index in [0.29, 0.717) is 5.56 Å². The number of nitrogens with one attached hydrogen (secondary N) is 1. The molecule has 1 N–H and O–H groups in total. The highest BCUT2D eigenvalue weighted by molar-refractivity contribution is 7.89. The predicted octanol–water partition coefficient (Wildman–Crippen LogP) is 4.64. The molecule has 3 aromatic rings. The number of halogens is 2. The summed E-state index contributed by atoms with van der Waals surface area (Å²) in [6.45, 7) is 1.85. The van der Waals surface area contributed by atoms with Gasteiger partial charge in [0.2, 0.25) is 10.0 Å². The molecule has 0 amide bonds. The third-order valence-electron chi connectivity index (χ3n) is 4.44. The molecule has 0 aliphatic heterocycles. The molecule has 4 nitrogen and oxygen atoms in total. The van der Waals surface area contributed by atoms with E-state index < -0.39 is 33.0 Å². The summed E-state index contributed by atoms with van der Waals surface area (Å²) < 4.78 is 41.5. The zero-order chi connectivity index (χ0) is 21.0. The zero-order valence-corrected chi connectivity index (χ0v) is 17.1. The van der Waals surface area contributed by atoms with Gasteiger partial charge < -0.3 is 0 Å². The van der Waals surface area contributed by atoms with Crippen molar-refractivity contribution in [3.8, 4) is 0 Å². The van der Waals surface area contributed by atoms with Crippen LogP contribution in [0.3, 0.4) is 0 Å². The van der Waals surface area contributed by atoms with Gasteiger partial charge in [-0.2, -0.15) is 0 Å². The van der Waals surface area contributed by atoms with Crippen LogP contribution in [0.15, 0.2) is 83.8 Å². The second kappa shape index (κ2) is 8.86. The van der Waals surface area contributed by atoms with Gasteiger partial charge in [0.05, 0.1) is 10.9 Å². The van der Waals surface area contributed by atoms with E-state index >= 15 is 0 Å². The fourth-order valence-corrected chi connectivity index (χ4v) is 4.48. The van der Waals surface area contributed by atoms with Crippen LogP contribution in [-0.2, 0) is 10.0 Å². The molecule has 0 aromatic heterocycles. The number of rotatable bonds is 7. The van der Waals surface area contributed by atoms with E-state index in [2.05, 4.69) is 4.72 Å². The molecule has 0 aliphatic carbocycles. The topological polar surface area (TPSA) is 63.2 Å². The molecule has 0 unspecified atom stereocenters. The maximum absolute atomic E-state index is 13.2. The second-order valence-electron chi connectivity index (χ2n) is 6.60. The Balaban J connectivity index is 1.95. The minimum absolute atomic E-state index is 0.0714.